The standard InChI is InChI=1S/C21H33N5O2S/c1-7-18(14-29(27,28)19-11-9-8-10-12-19)24-21(22-5)23-15(2)13-20-16(3)25-26(6)17(20)4/h8-12,15,18H,7,13-14H2,1-6H3,(H2,22,23,24). The van der Waals surface area contributed by atoms with E-state index in [2.05, 4.69) is 34.6 Å². The molecule has 7 nitrogen and oxygen atoms in total. The number of nitrogens with zero attached hydrogens (tertiary/aromatic N) is 3. The number of hydrogen-bond acceptors (Lipinski definition) is 4. The van der Waals surface area contributed by atoms with Crippen LogP contribution in [0.15, 0.2) is 40.2 Å². The smallest absolute Gasteiger partial charge is 0.191 e. The van der Waals surface area contributed by atoms with Gasteiger partial charge in [-0.05, 0) is 51.3 Å². The number of hydrogen-bond donors (Lipinski definition) is 2. The molecule has 0 spiro atoms. The molecule has 0 amide bonds. The lowest BCUT2D eigenvalue weighted by Gasteiger charge is -2.23. The summed E-state index contributed by atoms with van der Waals surface area (Å²) in [6.45, 7) is 8.14. The van der Waals surface area contributed by atoms with Gasteiger partial charge < -0.3 is 10.6 Å². The predicted octanol–water partition coefficient (Wildman–Crippen LogP) is 2.39. The van der Waals surface area contributed by atoms with E-state index in [1.54, 1.807) is 31.3 Å². The van der Waals surface area contributed by atoms with Crippen LogP contribution in [-0.2, 0) is 23.3 Å². The minimum absolute atomic E-state index is 0.0173. The van der Waals surface area contributed by atoms with E-state index in [0.717, 1.165) is 17.8 Å². The number of aryl methyl sites for hydroxylation is 2. The first-order chi connectivity index (χ1) is 13.7. The van der Waals surface area contributed by atoms with Crippen molar-refractivity contribution in [3.8, 4) is 0 Å². The number of aliphatic imine (C=N–C) groups is 1. The first-order valence-corrected chi connectivity index (χ1v) is 11.6. The average molecular weight is 420 g/mol. The molecule has 8 heteroatoms. The van der Waals surface area contributed by atoms with Gasteiger partial charge in [-0.15, -0.1) is 0 Å². The van der Waals surface area contributed by atoms with Crippen LogP contribution in [0.5, 0.6) is 0 Å². The molecular weight excluding hydrogens is 386 g/mol. The van der Waals surface area contributed by atoms with Crippen LogP contribution in [0.2, 0.25) is 0 Å². The zero-order valence-corrected chi connectivity index (χ0v) is 19.0. The highest BCUT2D eigenvalue weighted by molar-refractivity contribution is 7.91. The Hall–Kier alpha value is -2.35. The fraction of sp³-hybridized carbons (Fsp3) is 0.524. The lowest BCUT2D eigenvalue weighted by atomic mass is 10.1. The molecule has 0 aliphatic heterocycles. The van der Waals surface area contributed by atoms with E-state index < -0.39 is 9.84 Å². The molecule has 1 aromatic carbocycles. The SMILES string of the molecule is CCC(CS(=O)(=O)c1ccccc1)NC(=NC)NC(C)Cc1c(C)nn(C)c1C. The summed E-state index contributed by atoms with van der Waals surface area (Å²) in [6, 6.07) is 8.45. The maximum absolute atomic E-state index is 12.7. The quantitative estimate of drug-likeness (QED) is 0.507. The summed E-state index contributed by atoms with van der Waals surface area (Å²) in [5.74, 6) is 0.621. The zero-order chi connectivity index (χ0) is 21.6. The minimum atomic E-state index is -3.37. The summed E-state index contributed by atoms with van der Waals surface area (Å²) in [5, 5.41) is 11.1. The molecule has 0 fully saturated rings. The van der Waals surface area contributed by atoms with Gasteiger partial charge >= 0.3 is 0 Å². The van der Waals surface area contributed by atoms with Crippen LogP contribution in [0, 0.1) is 13.8 Å². The maximum atomic E-state index is 12.7. The van der Waals surface area contributed by atoms with E-state index in [-0.39, 0.29) is 17.8 Å². The average Bonchev–Trinajstić information content (AvgIpc) is 2.93. The Bertz CT molecular complexity index is 935. The van der Waals surface area contributed by atoms with Crippen molar-refractivity contribution in [3.63, 3.8) is 0 Å². The number of guanidine groups is 1. The minimum Gasteiger partial charge on any atom is -0.354 e. The van der Waals surface area contributed by atoms with Gasteiger partial charge in [0, 0.05) is 31.9 Å². The van der Waals surface area contributed by atoms with Crippen molar-refractivity contribution in [2.24, 2.45) is 12.0 Å². The van der Waals surface area contributed by atoms with Gasteiger partial charge in [-0.3, -0.25) is 9.67 Å². The Morgan fingerprint density at radius 3 is 2.38 bits per heavy atom. The Balaban J connectivity index is 2.02. The van der Waals surface area contributed by atoms with Crippen molar-refractivity contribution in [3.05, 3.63) is 47.3 Å². The molecule has 2 unspecified atom stereocenters. The first-order valence-electron chi connectivity index (χ1n) is 9.94. The number of rotatable bonds is 8. The van der Waals surface area contributed by atoms with Crippen LogP contribution < -0.4 is 10.6 Å². The summed E-state index contributed by atoms with van der Waals surface area (Å²) in [7, 11) is 0.276. The van der Waals surface area contributed by atoms with Crippen molar-refractivity contribution in [2.75, 3.05) is 12.8 Å². The van der Waals surface area contributed by atoms with Gasteiger partial charge in [0.15, 0.2) is 15.8 Å². The van der Waals surface area contributed by atoms with Crippen molar-refractivity contribution in [1.29, 1.82) is 0 Å². The molecule has 2 aromatic rings. The lowest BCUT2D eigenvalue weighted by Crippen LogP contribution is -2.49. The van der Waals surface area contributed by atoms with Crippen molar-refractivity contribution in [1.82, 2.24) is 20.4 Å². The van der Waals surface area contributed by atoms with E-state index in [1.165, 1.54) is 5.56 Å². The normalized spacial score (nSPS) is 14.5. The van der Waals surface area contributed by atoms with Crippen LogP contribution in [-0.4, -0.2) is 49.0 Å². The van der Waals surface area contributed by atoms with Crippen LogP contribution in [0.4, 0.5) is 0 Å². The largest absolute Gasteiger partial charge is 0.354 e. The van der Waals surface area contributed by atoms with E-state index in [0.29, 0.717) is 17.3 Å². The van der Waals surface area contributed by atoms with Gasteiger partial charge in [0.25, 0.3) is 0 Å². The molecule has 1 aromatic heterocycles. The highest BCUT2D eigenvalue weighted by atomic mass is 32.2. The Labute approximate surface area is 174 Å². The highest BCUT2D eigenvalue weighted by Gasteiger charge is 2.21. The third-order valence-electron chi connectivity index (χ3n) is 5.13. The number of benzene rings is 1. The Kier molecular flexibility index (Phi) is 7.84. The molecule has 2 N–H and O–H groups in total. The van der Waals surface area contributed by atoms with Gasteiger partial charge in [-0.2, -0.15) is 5.10 Å². The van der Waals surface area contributed by atoms with E-state index in [1.807, 2.05) is 31.6 Å². The molecule has 0 radical (unpaired) electrons. The van der Waals surface area contributed by atoms with Gasteiger partial charge in [-0.1, -0.05) is 25.1 Å². The van der Waals surface area contributed by atoms with E-state index in [4.69, 9.17) is 0 Å². The van der Waals surface area contributed by atoms with Gasteiger partial charge in [0.2, 0.25) is 0 Å². The molecule has 0 aliphatic carbocycles. The Morgan fingerprint density at radius 2 is 1.86 bits per heavy atom. The molecule has 2 rings (SSSR count). The first kappa shape index (κ1) is 22.9. The fourth-order valence-corrected chi connectivity index (χ4v) is 4.93. The maximum Gasteiger partial charge on any atom is 0.191 e. The Morgan fingerprint density at radius 1 is 1.21 bits per heavy atom. The predicted molar refractivity (Wildman–Crippen MR) is 118 cm³/mol. The molecule has 0 bridgehead atoms. The van der Waals surface area contributed by atoms with Crippen LogP contribution >= 0.6 is 0 Å². The molecule has 0 aliphatic rings. The topological polar surface area (TPSA) is 88.4 Å². The third kappa shape index (κ3) is 6.06. The summed E-state index contributed by atoms with van der Waals surface area (Å²) in [5.41, 5.74) is 3.41. The second-order valence-electron chi connectivity index (χ2n) is 7.44. The second kappa shape index (κ2) is 9.91. The summed E-state index contributed by atoms with van der Waals surface area (Å²) in [4.78, 5) is 4.64. The summed E-state index contributed by atoms with van der Waals surface area (Å²) in [6.07, 6.45) is 1.48. The van der Waals surface area contributed by atoms with Crippen molar-refractivity contribution in [2.45, 2.75) is 57.5 Å². The molecule has 0 saturated carbocycles. The summed E-state index contributed by atoms with van der Waals surface area (Å²) >= 11 is 0. The van der Waals surface area contributed by atoms with Crippen LogP contribution in [0.3, 0.4) is 0 Å². The summed E-state index contributed by atoms with van der Waals surface area (Å²) < 4.78 is 27.3. The van der Waals surface area contributed by atoms with E-state index in [9.17, 15) is 8.42 Å². The number of nitrogens with one attached hydrogen (secondary N) is 2. The number of sulfone groups is 1. The van der Waals surface area contributed by atoms with Gasteiger partial charge in [0.1, 0.15) is 0 Å². The number of aromatic nitrogens is 2. The molecule has 2 atom stereocenters. The molecular formula is C21H33N5O2S. The van der Waals surface area contributed by atoms with Crippen LogP contribution in [0.1, 0.15) is 37.2 Å². The monoisotopic (exact) mass is 419 g/mol. The zero-order valence-electron chi connectivity index (χ0n) is 18.2. The molecule has 29 heavy (non-hydrogen) atoms. The third-order valence-corrected chi connectivity index (χ3v) is 6.96. The molecule has 0 saturated heterocycles. The van der Waals surface area contributed by atoms with Gasteiger partial charge in [-0.25, -0.2) is 8.42 Å². The highest BCUT2D eigenvalue weighted by Crippen LogP contribution is 2.15. The second-order valence-corrected chi connectivity index (χ2v) is 9.47. The molecule has 160 valence electrons. The van der Waals surface area contributed by atoms with Crippen molar-refractivity contribution < 1.29 is 8.42 Å². The van der Waals surface area contributed by atoms with E-state index >= 15 is 0 Å². The fourth-order valence-electron chi connectivity index (χ4n) is 3.32. The molecule has 1 heterocycles. The van der Waals surface area contributed by atoms with Crippen molar-refractivity contribution >= 4 is 15.8 Å². The lowest BCUT2D eigenvalue weighted by molar-refractivity contribution is 0.561. The van der Waals surface area contributed by atoms with Crippen LogP contribution in [0.25, 0.3) is 0 Å². The van der Waals surface area contributed by atoms with Gasteiger partial charge in [0.05, 0.1) is 16.3 Å².